The lowest BCUT2D eigenvalue weighted by molar-refractivity contribution is -0.117. The third-order valence-corrected chi connectivity index (χ3v) is 4.24. The van der Waals surface area contributed by atoms with E-state index >= 15 is 0 Å². The molecule has 3 rings (SSSR count). The number of hydrogen-bond donors (Lipinski definition) is 1. The number of rotatable bonds is 5. The first-order valence-corrected chi connectivity index (χ1v) is 8.35. The number of nitrogens with zero attached hydrogens (tertiary/aromatic N) is 2. The highest BCUT2D eigenvalue weighted by atomic mass is 16.2. The molecular weight excluding hydrogens is 314 g/mol. The molecule has 0 aliphatic carbocycles. The number of carbonyl (C=O) groups excluding carboxylic acids is 2. The van der Waals surface area contributed by atoms with E-state index < -0.39 is 0 Å². The Kier molecular flexibility index (Phi) is 5.10. The van der Waals surface area contributed by atoms with Crippen LogP contribution in [0.5, 0.6) is 0 Å². The van der Waals surface area contributed by atoms with E-state index in [0.717, 1.165) is 24.2 Å². The maximum absolute atomic E-state index is 12.2. The van der Waals surface area contributed by atoms with Crippen molar-refractivity contribution in [2.45, 2.75) is 25.7 Å². The number of hydrogen-bond acceptors (Lipinski definition) is 3. The summed E-state index contributed by atoms with van der Waals surface area (Å²) >= 11 is 0. The number of amides is 2. The number of anilines is 2. The van der Waals surface area contributed by atoms with Crippen LogP contribution in [-0.4, -0.2) is 18.4 Å². The Morgan fingerprint density at radius 1 is 1.20 bits per heavy atom. The van der Waals surface area contributed by atoms with Gasteiger partial charge in [0, 0.05) is 30.8 Å². The van der Waals surface area contributed by atoms with Crippen LogP contribution in [0.25, 0.3) is 0 Å². The van der Waals surface area contributed by atoms with Crippen molar-refractivity contribution in [1.82, 2.24) is 0 Å². The average molecular weight is 333 g/mol. The van der Waals surface area contributed by atoms with E-state index in [9.17, 15) is 9.59 Å². The van der Waals surface area contributed by atoms with Crippen molar-refractivity contribution < 1.29 is 9.59 Å². The zero-order valence-electron chi connectivity index (χ0n) is 13.9. The quantitative estimate of drug-likeness (QED) is 0.913. The van der Waals surface area contributed by atoms with Gasteiger partial charge in [0.1, 0.15) is 0 Å². The summed E-state index contributed by atoms with van der Waals surface area (Å²) in [6, 6.07) is 16.7. The lowest BCUT2D eigenvalue weighted by Crippen LogP contribution is -2.23. The smallest absolute Gasteiger partial charge is 0.227 e. The molecule has 0 radical (unpaired) electrons. The van der Waals surface area contributed by atoms with Gasteiger partial charge < -0.3 is 10.2 Å². The molecule has 1 aliphatic heterocycles. The van der Waals surface area contributed by atoms with Crippen molar-refractivity contribution in [1.29, 1.82) is 5.26 Å². The highest BCUT2D eigenvalue weighted by Gasteiger charge is 2.21. The molecule has 0 saturated carbocycles. The molecule has 0 atom stereocenters. The van der Waals surface area contributed by atoms with Crippen LogP contribution in [-0.2, 0) is 16.0 Å². The average Bonchev–Trinajstić information content (AvgIpc) is 3.06. The molecule has 2 aromatic rings. The molecule has 0 bridgehead atoms. The molecule has 1 fully saturated rings. The van der Waals surface area contributed by atoms with Crippen LogP contribution >= 0.6 is 0 Å². The zero-order chi connectivity index (χ0) is 17.6. The predicted molar refractivity (Wildman–Crippen MR) is 96.1 cm³/mol. The molecular formula is C20H19N3O2. The summed E-state index contributed by atoms with van der Waals surface area (Å²) in [5, 5.41) is 11.7. The van der Waals surface area contributed by atoms with Gasteiger partial charge in [-0.15, -0.1) is 0 Å². The molecule has 1 aliphatic rings. The standard InChI is InChI=1S/C20H19N3O2/c21-14-16-8-6-15(7-9-16)10-11-19(24)22-17-3-1-4-18(13-17)23-12-2-5-20(23)25/h1,3-4,6-9,13H,2,5,10-12H2,(H,22,24). The van der Waals surface area contributed by atoms with Crippen LogP contribution in [0.1, 0.15) is 30.4 Å². The van der Waals surface area contributed by atoms with Gasteiger partial charge >= 0.3 is 0 Å². The van der Waals surface area contributed by atoms with Gasteiger partial charge in [-0.05, 0) is 48.7 Å². The molecule has 1 N–H and O–H groups in total. The highest BCUT2D eigenvalue weighted by Crippen LogP contribution is 2.24. The molecule has 1 saturated heterocycles. The van der Waals surface area contributed by atoms with Crippen molar-refractivity contribution in [3.05, 3.63) is 59.7 Å². The number of nitriles is 1. The van der Waals surface area contributed by atoms with Crippen LogP contribution in [0.4, 0.5) is 11.4 Å². The van der Waals surface area contributed by atoms with Gasteiger partial charge in [-0.1, -0.05) is 18.2 Å². The summed E-state index contributed by atoms with van der Waals surface area (Å²) in [4.78, 5) is 25.7. The Labute approximate surface area is 146 Å². The van der Waals surface area contributed by atoms with Gasteiger partial charge in [0.25, 0.3) is 0 Å². The third kappa shape index (κ3) is 4.24. The minimum absolute atomic E-state index is 0.0748. The fourth-order valence-corrected chi connectivity index (χ4v) is 2.90. The summed E-state index contributed by atoms with van der Waals surface area (Å²) in [7, 11) is 0. The fraction of sp³-hybridized carbons (Fsp3) is 0.250. The van der Waals surface area contributed by atoms with Gasteiger partial charge in [-0.3, -0.25) is 9.59 Å². The Bertz CT molecular complexity index is 822. The first kappa shape index (κ1) is 16.7. The second kappa shape index (κ2) is 7.63. The normalized spacial score (nSPS) is 13.6. The predicted octanol–water partition coefficient (Wildman–Crippen LogP) is 3.26. The summed E-state index contributed by atoms with van der Waals surface area (Å²) in [5.41, 5.74) is 3.15. The van der Waals surface area contributed by atoms with Crippen LogP contribution in [0.15, 0.2) is 48.5 Å². The monoisotopic (exact) mass is 333 g/mol. The largest absolute Gasteiger partial charge is 0.326 e. The van der Waals surface area contributed by atoms with Gasteiger partial charge in [0.05, 0.1) is 11.6 Å². The summed E-state index contributed by atoms with van der Waals surface area (Å²) < 4.78 is 0. The van der Waals surface area contributed by atoms with Crippen LogP contribution in [0.2, 0.25) is 0 Å². The Balaban J connectivity index is 1.57. The van der Waals surface area contributed by atoms with E-state index in [1.165, 1.54) is 0 Å². The second-order valence-corrected chi connectivity index (χ2v) is 6.06. The summed E-state index contributed by atoms with van der Waals surface area (Å²) in [6.07, 6.45) is 2.43. The molecule has 5 heteroatoms. The minimum atomic E-state index is -0.0748. The van der Waals surface area contributed by atoms with Crippen molar-refractivity contribution in [3.63, 3.8) is 0 Å². The number of carbonyl (C=O) groups is 2. The molecule has 2 aromatic carbocycles. The van der Waals surface area contributed by atoms with E-state index in [-0.39, 0.29) is 11.8 Å². The number of nitrogens with one attached hydrogen (secondary N) is 1. The van der Waals surface area contributed by atoms with Crippen LogP contribution < -0.4 is 10.2 Å². The van der Waals surface area contributed by atoms with Gasteiger partial charge in [-0.2, -0.15) is 5.26 Å². The molecule has 25 heavy (non-hydrogen) atoms. The summed E-state index contributed by atoms with van der Waals surface area (Å²) in [6.45, 7) is 0.731. The van der Waals surface area contributed by atoms with Crippen LogP contribution in [0.3, 0.4) is 0 Å². The molecule has 1 heterocycles. The number of aryl methyl sites for hydroxylation is 1. The van der Waals surface area contributed by atoms with E-state index in [1.54, 1.807) is 17.0 Å². The van der Waals surface area contributed by atoms with Gasteiger partial charge in [-0.25, -0.2) is 0 Å². The molecule has 0 aromatic heterocycles. The van der Waals surface area contributed by atoms with Crippen molar-refractivity contribution >= 4 is 23.2 Å². The molecule has 0 spiro atoms. The van der Waals surface area contributed by atoms with Crippen LogP contribution in [0, 0.1) is 11.3 Å². The van der Waals surface area contributed by atoms with E-state index in [4.69, 9.17) is 5.26 Å². The van der Waals surface area contributed by atoms with E-state index in [0.29, 0.717) is 30.5 Å². The molecule has 126 valence electrons. The van der Waals surface area contributed by atoms with E-state index in [2.05, 4.69) is 11.4 Å². The maximum Gasteiger partial charge on any atom is 0.227 e. The number of benzene rings is 2. The van der Waals surface area contributed by atoms with Crippen molar-refractivity contribution in [2.75, 3.05) is 16.8 Å². The molecule has 5 nitrogen and oxygen atoms in total. The van der Waals surface area contributed by atoms with Crippen molar-refractivity contribution in [2.24, 2.45) is 0 Å². The topological polar surface area (TPSA) is 73.2 Å². The van der Waals surface area contributed by atoms with Gasteiger partial charge in [0.2, 0.25) is 11.8 Å². The van der Waals surface area contributed by atoms with Crippen molar-refractivity contribution in [3.8, 4) is 6.07 Å². The summed E-state index contributed by atoms with van der Waals surface area (Å²) in [5.74, 6) is 0.0542. The first-order chi connectivity index (χ1) is 12.2. The minimum Gasteiger partial charge on any atom is -0.326 e. The highest BCUT2D eigenvalue weighted by molar-refractivity contribution is 5.97. The third-order valence-electron chi connectivity index (χ3n) is 4.24. The SMILES string of the molecule is N#Cc1ccc(CCC(=O)Nc2cccc(N3CCCC3=O)c2)cc1. The lowest BCUT2D eigenvalue weighted by Gasteiger charge is -2.16. The second-order valence-electron chi connectivity index (χ2n) is 6.06. The van der Waals surface area contributed by atoms with E-state index in [1.807, 2.05) is 36.4 Å². The lowest BCUT2D eigenvalue weighted by atomic mass is 10.1. The zero-order valence-corrected chi connectivity index (χ0v) is 13.9. The molecule has 0 unspecified atom stereocenters. The van der Waals surface area contributed by atoms with Gasteiger partial charge in [0.15, 0.2) is 0 Å². The Morgan fingerprint density at radius 2 is 2.00 bits per heavy atom. The maximum atomic E-state index is 12.2. The molecule has 2 amide bonds. The first-order valence-electron chi connectivity index (χ1n) is 8.35. The Morgan fingerprint density at radius 3 is 2.68 bits per heavy atom. The fourth-order valence-electron chi connectivity index (χ4n) is 2.90. The Hall–Kier alpha value is -3.13.